The molecule has 0 unspecified atom stereocenters. The van der Waals surface area contributed by atoms with Crippen LogP contribution in [0.4, 0.5) is 5.69 Å². The quantitative estimate of drug-likeness (QED) is 0.267. The summed E-state index contributed by atoms with van der Waals surface area (Å²) in [7, 11) is 0. The van der Waals surface area contributed by atoms with Gasteiger partial charge >= 0.3 is 5.97 Å². The minimum absolute atomic E-state index is 0.276. The fourth-order valence-corrected chi connectivity index (χ4v) is 3.42. The van der Waals surface area contributed by atoms with E-state index in [4.69, 9.17) is 9.47 Å². The van der Waals surface area contributed by atoms with Crippen LogP contribution in [0.1, 0.15) is 25.1 Å². The van der Waals surface area contributed by atoms with Crippen LogP contribution in [0.2, 0.25) is 0 Å². The van der Waals surface area contributed by atoms with Crippen LogP contribution in [0.15, 0.2) is 66.3 Å². The molecule has 0 radical (unpaired) electrons. The van der Waals surface area contributed by atoms with Crippen molar-refractivity contribution in [2.45, 2.75) is 24.7 Å². The van der Waals surface area contributed by atoms with E-state index in [2.05, 4.69) is 27.1 Å². The Morgan fingerprint density at radius 1 is 1.23 bits per heavy atom. The average molecular weight is 420 g/mol. The zero-order valence-electron chi connectivity index (χ0n) is 16.4. The van der Waals surface area contributed by atoms with Gasteiger partial charge in [0.25, 0.3) is 0 Å². The first kappa shape index (κ1) is 19.9. The predicted molar refractivity (Wildman–Crippen MR) is 116 cm³/mol. The van der Waals surface area contributed by atoms with E-state index in [0.29, 0.717) is 34.7 Å². The van der Waals surface area contributed by atoms with Crippen molar-refractivity contribution < 1.29 is 14.3 Å². The van der Waals surface area contributed by atoms with Crippen LogP contribution < -0.4 is 14.8 Å². The molecule has 4 rings (SSSR count). The van der Waals surface area contributed by atoms with Crippen LogP contribution >= 0.6 is 11.8 Å². The van der Waals surface area contributed by atoms with Crippen LogP contribution in [0.3, 0.4) is 0 Å². The number of carbonyl (C=O) groups excluding carboxylic acids is 1. The lowest BCUT2D eigenvalue weighted by Gasteiger charge is -2.19. The number of hydrogen-bond donors (Lipinski definition) is 1. The molecule has 0 saturated heterocycles. The summed E-state index contributed by atoms with van der Waals surface area (Å²) in [5.41, 5.74) is 3.17. The van der Waals surface area contributed by atoms with Crippen molar-refractivity contribution in [1.82, 2.24) is 15.2 Å². The minimum Gasteiger partial charge on any atom is -0.448 e. The monoisotopic (exact) mass is 420 g/mol. The molecule has 2 heterocycles. The normalized spacial score (nSPS) is 14.4. The number of rotatable bonds is 6. The van der Waals surface area contributed by atoms with E-state index in [1.54, 1.807) is 25.1 Å². The van der Waals surface area contributed by atoms with Gasteiger partial charge in [-0.3, -0.25) is 4.79 Å². The number of thioether (sulfide) groups is 1. The molecule has 152 valence electrons. The minimum atomic E-state index is -0.503. The van der Waals surface area contributed by atoms with E-state index < -0.39 is 6.23 Å². The van der Waals surface area contributed by atoms with Crippen molar-refractivity contribution in [1.29, 1.82) is 0 Å². The van der Waals surface area contributed by atoms with Gasteiger partial charge < -0.3 is 14.8 Å². The Morgan fingerprint density at radius 3 is 2.80 bits per heavy atom. The van der Waals surface area contributed by atoms with Gasteiger partial charge in [-0.05, 0) is 30.3 Å². The van der Waals surface area contributed by atoms with E-state index >= 15 is 0 Å². The molecule has 1 atom stereocenters. The van der Waals surface area contributed by atoms with Crippen molar-refractivity contribution in [2.75, 3.05) is 11.1 Å². The van der Waals surface area contributed by atoms with Crippen LogP contribution in [-0.4, -0.2) is 26.9 Å². The summed E-state index contributed by atoms with van der Waals surface area (Å²) in [6.45, 7) is 5.48. The third-order valence-corrected chi connectivity index (χ3v) is 5.20. The van der Waals surface area contributed by atoms with E-state index in [9.17, 15) is 4.79 Å². The van der Waals surface area contributed by atoms with Gasteiger partial charge in [0.2, 0.25) is 11.0 Å². The maximum absolute atomic E-state index is 11.5. The van der Waals surface area contributed by atoms with Gasteiger partial charge in [-0.25, -0.2) is 0 Å². The highest BCUT2D eigenvalue weighted by molar-refractivity contribution is 7.99. The van der Waals surface area contributed by atoms with Gasteiger partial charge in [-0.2, -0.15) is 4.98 Å². The summed E-state index contributed by atoms with van der Waals surface area (Å²) in [5.74, 6) is 1.30. The van der Waals surface area contributed by atoms with E-state index in [0.717, 1.165) is 16.8 Å². The topological polar surface area (TPSA) is 86.2 Å². The molecule has 1 N–H and O–H groups in total. The standard InChI is InChI=1S/C22H20N4O3S/c1-3-13-30-22-24-21-19(25-26-22)16-7-5-6-8-17(16)23-20(29-21)14-9-11-15(12-10-14)28-18(27)4-2/h3,5-12,20,23H,1,4,13H2,2H3/t20-/m0/s1. The molecule has 1 aliphatic rings. The number of esters is 1. The zero-order chi connectivity index (χ0) is 20.9. The SMILES string of the molecule is C=CCSc1nnc2c(n1)O[C@@H](c1ccc(OC(=O)CC)cc1)Nc1ccccc1-2. The van der Waals surface area contributed by atoms with E-state index in [-0.39, 0.29) is 5.97 Å². The molecule has 1 aliphatic heterocycles. The molecule has 0 fully saturated rings. The Hall–Kier alpha value is -3.39. The highest BCUT2D eigenvalue weighted by Crippen LogP contribution is 2.39. The Labute approximate surface area is 178 Å². The number of benzene rings is 2. The number of nitrogens with zero attached hydrogens (tertiary/aromatic N) is 3. The van der Waals surface area contributed by atoms with Crippen molar-refractivity contribution >= 4 is 23.4 Å². The molecule has 0 saturated carbocycles. The Balaban J connectivity index is 1.68. The fraction of sp³-hybridized carbons (Fsp3) is 0.182. The highest BCUT2D eigenvalue weighted by Gasteiger charge is 2.26. The Morgan fingerprint density at radius 2 is 2.03 bits per heavy atom. The van der Waals surface area contributed by atoms with Gasteiger partial charge in [0.15, 0.2) is 11.9 Å². The maximum atomic E-state index is 11.5. The molecule has 8 heteroatoms. The summed E-state index contributed by atoms with van der Waals surface area (Å²) in [5, 5.41) is 12.5. The number of para-hydroxylation sites is 1. The molecule has 7 nitrogen and oxygen atoms in total. The highest BCUT2D eigenvalue weighted by atomic mass is 32.2. The second kappa shape index (κ2) is 8.96. The summed E-state index contributed by atoms with van der Waals surface area (Å²) < 4.78 is 11.5. The Bertz CT molecular complexity index is 1070. The number of aromatic nitrogens is 3. The van der Waals surface area contributed by atoms with E-state index in [1.165, 1.54) is 11.8 Å². The van der Waals surface area contributed by atoms with Gasteiger partial charge in [0.05, 0.1) is 0 Å². The summed E-state index contributed by atoms with van der Waals surface area (Å²) in [6, 6.07) is 15.0. The summed E-state index contributed by atoms with van der Waals surface area (Å²) in [4.78, 5) is 16.1. The summed E-state index contributed by atoms with van der Waals surface area (Å²) >= 11 is 1.44. The lowest BCUT2D eigenvalue weighted by molar-refractivity contribution is -0.134. The second-order valence-electron chi connectivity index (χ2n) is 6.43. The fourth-order valence-electron chi connectivity index (χ4n) is 2.91. The van der Waals surface area contributed by atoms with Gasteiger partial charge in [0.1, 0.15) is 5.75 Å². The van der Waals surface area contributed by atoms with Crippen molar-refractivity contribution in [3.63, 3.8) is 0 Å². The molecule has 0 amide bonds. The molecule has 0 aliphatic carbocycles. The Kier molecular flexibility index (Phi) is 5.94. The number of carbonyl (C=O) groups is 1. The third-order valence-electron chi connectivity index (χ3n) is 4.37. The number of fused-ring (bicyclic) bond motifs is 3. The first-order chi connectivity index (χ1) is 14.7. The molecule has 3 aromatic rings. The van der Waals surface area contributed by atoms with Crippen LogP contribution in [0.25, 0.3) is 11.3 Å². The predicted octanol–water partition coefficient (Wildman–Crippen LogP) is 4.64. The van der Waals surface area contributed by atoms with Gasteiger partial charge in [-0.15, -0.1) is 16.8 Å². The lowest BCUT2D eigenvalue weighted by atomic mass is 10.1. The second-order valence-corrected chi connectivity index (χ2v) is 7.42. The van der Waals surface area contributed by atoms with Gasteiger partial charge in [-0.1, -0.05) is 43.0 Å². The van der Waals surface area contributed by atoms with E-state index in [1.807, 2.05) is 36.4 Å². The molecule has 0 spiro atoms. The number of nitrogens with one attached hydrogen (secondary N) is 1. The number of anilines is 1. The molecular weight excluding hydrogens is 400 g/mol. The largest absolute Gasteiger partial charge is 0.448 e. The van der Waals surface area contributed by atoms with Crippen LogP contribution in [0.5, 0.6) is 11.6 Å². The van der Waals surface area contributed by atoms with Crippen molar-refractivity contribution in [3.8, 4) is 22.9 Å². The third kappa shape index (κ3) is 4.28. The lowest BCUT2D eigenvalue weighted by Crippen LogP contribution is -2.17. The molecule has 1 aromatic heterocycles. The number of ether oxygens (including phenoxy) is 2. The van der Waals surface area contributed by atoms with Crippen molar-refractivity contribution in [3.05, 3.63) is 66.7 Å². The molecule has 0 bridgehead atoms. The zero-order valence-corrected chi connectivity index (χ0v) is 17.2. The van der Waals surface area contributed by atoms with Crippen LogP contribution in [0, 0.1) is 0 Å². The molecule has 30 heavy (non-hydrogen) atoms. The molecular formula is C22H20N4O3S. The first-order valence-corrected chi connectivity index (χ1v) is 10.5. The average Bonchev–Trinajstić information content (AvgIpc) is 2.94. The van der Waals surface area contributed by atoms with Crippen molar-refractivity contribution in [2.24, 2.45) is 0 Å². The first-order valence-electron chi connectivity index (χ1n) is 9.49. The summed E-state index contributed by atoms with van der Waals surface area (Å²) in [6.07, 6.45) is 1.60. The maximum Gasteiger partial charge on any atom is 0.310 e. The van der Waals surface area contributed by atoms with Crippen LogP contribution in [-0.2, 0) is 4.79 Å². The molecule has 2 aromatic carbocycles. The van der Waals surface area contributed by atoms with Gasteiger partial charge in [0, 0.05) is 29.0 Å². The smallest absolute Gasteiger partial charge is 0.310 e. The number of hydrogen-bond acceptors (Lipinski definition) is 8.